The van der Waals surface area contributed by atoms with E-state index in [0.29, 0.717) is 74.8 Å². The first-order chi connectivity index (χ1) is 20.3. The Labute approximate surface area is 251 Å². The molecule has 11 nitrogen and oxygen atoms in total. The summed E-state index contributed by atoms with van der Waals surface area (Å²) in [7, 11) is 6.46. The van der Waals surface area contributed by atoms with Gasteiger partial charge in [0.05, 0.1) is 43.8 Å². The van der Waals surface area contributed by atoms with E-state index in [1.165, 1.54) is 27.4 Å². The molecule has 0 fully saturated rings. The van der Waals surface area contributed by atoms with Gasteiger partial charge in [-0.1, -0.05) is 29.3 Å². The quantitative estimate of drug-likeness (QED) is 0.330. The highest BCUT2D eigenvalue weighted by molar-refractivity contribution is 6.36. The van der Waals surface area contributed by atoms with Crippen LogP contribution in [0.25, 0.3) is 0 Å². The molecule has 42 heavy (non-hydrogen) atoms. The first-order valence-corrected chi connectivity index (χ1v) is 13.7. The summed E-state index contributed by atoms with van der Waals surface area (Å²) < 4.78 is 34.5. The number of ether oxygens (including phenoxy) is 6. The monoisotopic (exact) mass is 615 g/mol. The molecule has 0 aromatic heterocycles. The molecule has 3 aromatic carbocycles. The molecule has 6 rings (SSSR count). The Balaban J connectivity index is 1.46. The summed E-state index contributed by atoms with van der Waals surface area (Å²) in [6.07, 6.45) is -0.188. The minimum Gasteiger partial charge on any atom is -0.493 e. The number of halogens is 2. The van der Waals surface area contributed by atoms with Crippen molar-refractivity contribution in [2.45, 2.75) is 18.6 Å². The molecule has 3 aromatic rings. The van der Waals surface area contributed by atoms with Crippen LogP contribution in [-0.2, 0) is 11.2 Å². The van der Waals surface area contributed by atoms with Crippen LogP contribution in [-0.4, -0.2) is 58.6 Å². The summed E-state index contributed by atoms with van der Waals surface area (Å²) in [6, 6.07) is 7.26. The predicted octanol–water partition coefficient (Wildman–Crippen LogP) is 5.83. The van der Waals surface area contributed by atoms with E-state index in [4.69, 9.17) is 51.6 Å². The molecule has 0 unspecified atom stereocenters. The number of anilines is 2. The minimum absolute atomic E-state index is 0.0629. The normalized spacial score (nSPS) is 18.6. The lowest BCUT2D eigenvalue weighted by Crippen LogP contribution is -2.37. The van der Waals surface area contributed by atoms with Gasteiger partial charge in [0.2, 0.25) is 12.5 Å². The van der Waals surface area contributed by atoms with Crippen molar-refractivity contribution in [3.05, 3.63) is 62.6 Å². The third-order valence-electron chi connectivity index (χ3n) is 7.63. The minimum atomic E-state index is -0.722. The van der Waals surface area contributed by atoms with Gasteiger partial charge in [0, 0.05) is 22.7 Å². The summed E-state index contributed by atoms with van der Waals surface area (Å²) >= 11 is 12.3. The molecule has 0 aliphatic carbocycles. The average Bonchev–Trinajstić information content (AvgIpc) is 3.59. The maximum Gasteiger partial charge on any atom is 0.343 e. The van der Waals surface area contributed by atoms with Crippen molar-refractivity contribution in [3.63, 3.8) is 0 Å². The van der Waals surface area contributed by atoms with Gasteiger partial charge in [0.25, 0.3) is 0 Å². The zero-order chi connectivity index (χ0) is 29.7. The van der Waals surface area contributed by atoms with E-state index >= 15 is 0 Å². The Kier molecular flexibility index (Phi) is 7.34. The highest BCUT2D eigenvalue weighted by Gasteiger charge is 2.47. The number of fused-ring (bicyclic) bond motifs is 3. The van der Waals surface area contributed by atoms with E-state index in [1.807, 2.05) is 7.05 Å². The number of benzene rings is 3. The number of methoxy groups -OCH3 is 3. The highest BCUT2D eigenvalue weighted by Crippen LogP contribution is 2.58. The molecule has 2 amide bonds. The van der Waals surface area contributed by atoms with Crippen molar-refractivity contribution in [1.29, 1.82) is 0 Å². The van der Waals surface area contributed by atoms with Gasteiger partial charge >= 0.3 is 12.0 Å². The van der Waals surface area contributed by atoms with Crippen LogP contribution in [0.3, 0.4) is 0 Å². The molecule has 0 saturated heterocycles. The summed E-state index contributed by atoms with van der Waals surface area (Å²) in [5, 5.41) is 6.42. The number of nitrogens with zero attached hydrogens (tertiary/aromatic N) is 1. The van der Waals surface area contributed by atoms with Gasteiger partial charge in [-0.2, -0.15) is 0 Å². The van der Waals surface area contributed by atoms with E-state index in [1.54, 1.807) is 24.3 Å². The predicted molar refractivity (Wildman–Crippen MR) is 155 cm³/mol. The summed E-state index contributed by atoms with van der Waals surface area (Å²) in [6.45, 7) is 0.517. The summed E-state index contributed by atoms with van der Waals surface area (Å²) in [5.41, 5.74) is 3.23. The number of hydrogen-bond acceptors (Lipinski definition) is 9. The number of amides is 2. The second-order valence-corrected chi connectivity index (χ2v) is 10.7. The van der Waals surface area contributed by atoms with Crippen molar-refractivity contribution in [3.8, 4) is 28.7 Å². The molecular formula is C29H27Cl2N3O8. The number of esters is 1. The number of rotatable bonds is 6. The number of urea groups is 1. The number of cyclic esters (lactones) is 1. The van der Waals surface area contributed by atoms with Crippen molar-refractivity contribution >= 4 is 46.6 Å². The van der Waals surface area contributed by atoms with Gasteiger partial charge in [0.1, 0.15) is 11.7 Å². The fourth-order valence-electron chi connectivity index (χ4n) is 5.82. The van der Waals surface area contributed by atoms with Gasteiger partial charge in [-0.3, -0.25) is 4.90 Å². The van der Waals surface area contributed by atoms with Crippen molar-refractivity contribution in [2.75, 3.05) is 52.3 Å². The average molecular weight is 616 g/mol. The van der Waals surface area contributed by atoms with Crippen molar-refractivity contribution in [1.82, 2.24) is 4.90 Å². The lowest BCUT2D eigenvalue weighted by atomic mass is 9.84. The fourth-order valence-corrected chi connectivity index (χ4v) is 6.28. The Hall–Kier alpha value is -4.06. The maximum atomic E-state index is 13.3. The number of carbonyl (C=O) groups is 2. The van der Waals surface area contributed by atoms with Gasteiger partial charge in [-0.25, -0.2) is 9.59 Å². The van der Waals surface area contributed by atoms with Crippen LogP contribution in [0.5, 0.6) is 28.7 Å². The van der Waals surface area contributed by atoms with E-state index in [-0.39, 0.29) is 11.8 Å². The maximum absolute atomic E-state index is 13.3. The van der Waals surface area contributed by atoms with Crippen LogP contribution >= 0.6 is 23.2 Å². The first kappa shape index (κ1) is 28.1. The molecule has 2 atom stereocenters. The second kappa shape index (κ2) is 11.0. The Bertz CT molecular complexity index is 1610. The van der Waals surface area contributed by atoms with Crippen LogP contribution in [0.1, 0.15) is 39.2 Å². The Morgan fingerprint density at radius 1 is 1.00 bits per heavy atom. The molecule has 13 heteroatoms. The topological polar surface area (TPSA) is 117 Å². The van der Waals surface area contributed by atoms with Crippen LogP contribution < -0.4 is 34.3 Å². The molecule has 3 aliphatic rings. The van der Waals surface area contributed by atoms with Gasteiger partial charge in [-0.15, -0.1) is 0 Å². The van der Waals surface area contributed by atoms with E-state index in [2.05, 4.69) is 15.5 Å². The highest BCUT2D eigenvalue weighted by atomic mass is 35.5. The van der Waals surface area contributed by atoms with Gasteiger partial charge in [-0.05, 0) is 43.3 Å². The third kappa shape index (κ3) is 4.48. The SMILES string of the molecule is COc1ccc2c(c1OC)C(=O)O[C@@H]2[C@H]1c2c(c(NC(=O)Nc3ccc(Cl)cc3Cl)c3c(c2OC)OCO3)CCN1C. The Morgan fingerprint density at radius 3 is 2.48 bits per heavy atom. The number of likely N-dealkylation sites (N-methyl/N-ethyl adjacent to an activating group) is 1. The summed E-state index contributed by atoms with van der Waals surface area (Å²) in [5.74, 6) is 1.33. The molecule has 0 spiro atoms. The zero-order valence-corrected chi connectivity index (χ0v) is 24.6. The largest absolute Gasteiger partial charge is 0.493 e. The van der Waals surface area contributed by atoms with Crippen LogP contribution in [0.2, 0.25) is 10.0 Å². The van der Waals surface area contributed by atoms with Gasteiger partial charge < -0.3 is 39.1 Å². The van der Waals surface area contributed by atoms with E-state index < -0.39 is 24.1 Å². The van der Waals surface area contributed by atoms with E-state index in [0.717, 1.165) is 5.56 Å². The smallest absolute Gasteiger partial charge is 0.343 e. The van der Waals surface area contributed by atoms with Gasteiger partial charge in [0.15, 0.2) is 23.0 Å². The second-order valence-electron chi connectivity index (χ2n) is 9.84. The number of hydrogen-bond donors (Lipinski definition) is 2. The molecular weight excluding hydrogens is 589 g/mol. The molecule has 0 saturated carbocycles. The van der Waals surface area contributed by atoms with Crippen LogP contribution in [0, 0.1) is 0 Å². The number of carbonyl (C=O) groups excluding carboxylic acids is 2. The lowest BCUT2D eigenvalue weighted by Gasteiger charge is -2.39. The summed E-state index contributed by atoms with van der Waals surface area (Å²) in [4.78, 5) is 28.6. The first-order valence-electron chi connectivity index (χ1n) is 13.0. The molecule has 3 heterocycles. The van der Waals surface area contributed by atoms with Crippen LogP contribution in [0.4, 0.5) is 16.2 Å². The fraction of sp³-hybridized carbons (Fsp3) is 0.310. The zero-order valence-electron chi connectivity index (χ0n) is 23.1. The standard InChI is InChI=1S/C29H27Cl2N3O8/c1-34-10-9-14-19(22(34)23-15-6-8-18(37-2)24(38-3)20(15)28(35)42-23)25(39-4)27-26(40-12-41-27)21(14)33-29(36)32-17-7-5-13(30)11-16(17)31/h5-8,11,22-23H,9-10,12H2,1-4H3,(H2,32,33,36)/t22-,23+/m1/s1. The molecule has 0 radical (unpaired) electrons. The third-order valence-corrected chi connectivity index (χ3v) is 8.18. The van der Waals surface area contributed by atoms with Crippen molar-refractivity contribution < 1.29 is 38.0 Å². The number of nitrogens with one attached hydrogen (secondary N) is 2. The lowest BCUT2D eigenvalue weighted by molar-refractivity contribution is 0.00879. The Morgan fingerprint density at radius 2 is 1.76 bits per heavy atom. The molecule has 2 N–H and O–H groups in total. The molecule has 220 valence electrons. The van der Waals surface area contributed by atoms with E-state index in [9.17, 15) is 9.59 Å². The molecule has 0 bridgehead atoms. The van der Waals surface area contributed by atoms with Crippen molar-refractivity contribution in [2.24, 2.45) is 0 Å². The molecule has 3 aliphatic heterocycles. The van der Waals surface area contributed by atoms with Crippen LogP contribution in [0.15, 0.2) is 30.3 Å².